The number of hydrogen-bond acceptors (Lipinski definition) is 4. The van der Waals surface area contributed by atoms with Crippen molar-refractivity contribution in [2.75, 3.05) is 11.1 Å². The van der Waals surface area contributed by atoms with Crippen molar-refractivity contribution in [2.45, 2.75) is 0 Å². The number of halogens is 2. The summed E-state index contributed by atoms with van der Waals surface area (Å²) in [5.74, 6) is -1.25. The summed E-state index contributed by atoms with van der Waals surface area (Å²) >= 11 is 0. The molecule has 0 amide bonds. The van der Waals surface area contributed by atoms with Crippen molar-refractivity contribution >= 4 is 28.4 Å². The summed E-state index contributed by atoms with van der Waals surface area (Å²) in [5, 5.41) is 2.55. The van der Waals surface area contributed by atoms with Gasteiger partial charge >= 0.3 is 0 Å². The number of rotatable bonds is 2. The van der Waals surface area contributed by atoms with Crippen molar-refractivity contribution in [3.8, 4) is 0 Å². The normalized spacial score (nSPS) is 10.7. The molecular formula is C14H10F2N4. The fourth-order valence-electron chi connectivity index (χ4n) is 1.84. The molecule has 100 valence electrons. The maximum Gasteiger partial charge on any atom is 0.174 e. The zero-order valence-corrected chi connectivity index (χ0v) is 10.3. The van der Waals surface area contributed by atoms with Gasteiger partial charge in [0.15, 0.2) is 11.6 Å². The smallest absolute Gasteiger partial charge is 0.174 e. The summed E-state index contributed by atoms with van der Waals surface area (Å²) in [6, 6.07) is 10.7. The van der Waals surface area contributed by atoms with Crippen molar-refractivity contribution in [1.82, 2.24) is 9.97 Å². The molecule has 1 aromatic heterocycles. The van der Waals surface area contributed by atoms with E-state index in [4.69, 9.17) is 5.73 Å². The number of fused-ring (bicyclic) bond motifs is 1. The van der Waals surface area contributed by atoms with E-state index in [1.54, 1.807) is 24.3 Å². The molecule has 1 heterocycles. The van der Waals surface area contributed by atoms with Crippen LogP contribution in [0.1, 0.15) is 0 Å². The topological polar surface area (TPSA) is 63.8 Å². The highest BCUT2D eigenvalue weighted by atomic mass is 19.1. The van der Waals surface area contributed by atoms with Crippen molar-refractivity contribution in [1.29, 1.82) is 0 Å². The molecule has 0 saturated heterocycles. The zero-order valence-electron chi connectivity index (χ0n) is 10.3. The molecule has 20 heavy (non-hydrogen) atoms. The SMILES string of the molecule is Nc1nc2ccccc2nc1Nc1c(F)cccc1F. The minimum atomic E-state index is -0.723. The van der Waals surface area contributed by atoms with Crippen LogP contribution in [0.5, 0.6) is 0 Å². The lowest BCUT2D eigenvalue weighted by Crippen LogP contribution is -2.05. The third-order valence-electron chi connectivity index (χ3n) is 2.80. The molecule has 3 aromatic rings. The lowest BCUT2D eigenvalue weighted by Gasteiger charge is -2.10. The highest BCUT2D eigenvalue weighted by molar-refractivity contribution is 5.81. The first kappa shape index (κ1) is 12.3. The fourth-order valence-corrected chi connectivity index (χ4v) is 1.84. The molecule has 0 atom stereocenters. The maximum atomic E-state index is 13.6. The van der Waals surface area contributed by atoms with E-state index in [0.29, 0.717) is 11.0 Å². The molecule has 0 bridgehead atoms. The number of nitrogens with zero attached hydrogens (tertiary/aromatic N) is 2. The van der Waals surface area contributed by atoms with Crippen molar-refractivity contribution in [3.05, 3.63) is 54.1 Å². The molecule has 3 N–H and O–H groups in total. The number of nitrogens with one attached hydrogen (secondary N) is 1. The average Bonchev–Trinajstić information content (AvgIpc) is 2.43. The minimum Gasteiger partial charge on any atom is -0.381 e. The van der Waals surface area contributed by atoms with Gasteiger partial charge in [-0.3, -0.25) is 0 Å². The van der Waals surface area contributed by atoms with Gasteiger partial charge in [-0.25, -0.2) is 18.7 Å². The maximum absolute atomic E-state index is 13.6. The third kappa shape index (κ3) is 2.11. The monoisotopic (exact) mass is 272 g/mol. The van der Waals surface area contributed by atoms with Crippen LogP contribution in [0.25, 0.3) is 11.0 Å². The van der Waals surface area contributed by atoms with Gasteiger partial charge in [0.2, 0.25) is 0 Å². The summed E-state index contributed by atoms with van der Waals surface area (Å²) in [5.41, 5.74) is 6.65. The molecule has 0 radical (unpaired) electrons. The molecule has 0 aliphatic heterocycles. The quantitative estimate of drug-likeness (QED) is 0.751. The van der Waals surface area contributed by atoms with Crippen LogP contribution in [-0.4, -0.2) is 9.97 Å². The number of anilines is 3. The van der Waals surface area contributed by atoms with Crippen LogP contribution in [-0.2, 0) is 0 Å². The molecule has 0 unspecified atom stereocenters. The van der Waals surface area contributed by atoms with E-state index in [0.717, 1.165) is 12.1 Å². The minimum absolute atomic E-state index is 0.0753. The Hall–Kier alpha value is -2.76. The Morgan fingerprint density at radius 2 is 1.45 bits per heavy atom. The van der Waals surface area contributed by atoms with Gasteiger partial charge in [-0.05, 0) is 24.3 Å². The van der Waals surface area contributed by atoms with E-state index in [1.807, 2.05) is 0 Å². The van der Waals surface area contributed by atoms with Crippen LogP contribution in [0.2, 0.25) is 0 Å². The van der Waals surface area contributed by atoms with Crippen molar-refractivity contribution in [2.24, 2.45) is 0 Å². The second kappa shape index (κ2) is 4.73. The lowest BCUT2D eigenvalue weighted by molar-refractivity contribution is 0.590. The number of para-hydroxylation sites is 3. The Labute approximate surface area is 113 Å². The predicted molar refractivity (Wildman–Crippen MR) is 73.6 cm³/mol. The predicted octanol–water partition coefficient (Wildman–Crippen LogP) is 3.23. The van der Waals surface area contributed by atoms with E-state index < -0.39 is 11.6 Å². The van der Waals surface area contributed by atoms with Crippen molar-refractivity contribution < 1.29 is 8.78 Å². The second-order valence-corrected chi connectivity index (χ2v) is 4.17. The number of aromatic nitrogens is 2. The Morgan fingerprint density at radius 3 is 2.10 bits per heavy atom. The Bertz CT molecular complexity index is 769. The molecular weight excluding hydrogens is 262 g/mol. The van der Waals surface area contributed by atoms with Crippen molar-refractivity contribution in [3.63, 3.8) is 0 Å². The largest absolute Gasteiger partial charge is 0.381 e. The van der Waals surface area contributed by atoms with Gasteiger partial charge in [0.1, 0.15) is 17.3 Å². The summed E-state index contributed by atoms with van der Waals surface area (Å²) in [6.07, 6.45) is 0. The van der Waals surface area contributed by atoms with Gasteiger partial charge in [-0.1, -0.05) is 18.2 Å². The summed E-state index contributed by atoms with van der Waals surface area (Å²) < 4.78 is 27.2. The number of hydrogen-bond donors (Lipinski definition) is 2. The molecule has 0 fully saturated rings. The van der Waals surface area contributed by atoms with E-state index in [-0.39, 0.29) is 17.3 Å². The van der Waals surface area contributed by atoms with Crippen LogP contribution >= 0.6 is 0 Å². The van der Waals surface area contributed by atoms with Gasteiger partial charge < -0.3 is 11.1 Å². The zero-order chi connectivity index (χ0) is 14.1. The van der Waals surface area contributed by atoms with Crippen LogP contribution in [0.3, 0.4) is 0 Å². The van der Waals surface area contributed by atoms with E-state index in [2.05, 4.69) is 15.3 Å². The van der Waals surface area contributed by atoms with Gasteiger partial charge in [0, 0.05) is 0 Å². The number of nitrogen functional groups attached to an aromatic ring is 1. The van der Waals surface area contributed by atoms with Gasteiger partial charge in [0.05, 0.1) is 11.0 Å². The molecule has 2 aromatic carbocycles. The summed E-state index contributed by atoms with van der Waals surface area (Å²) in [7, 11) is 0. The highest BCUT2D eigenvalue weighted by Gasteiger charge is 2.12. The first-order valence-electron chi connectivity index (χ1n) is 5.88. The van der Waals surface area contributed by atoms with Crippen LogP contribution in [0.15, 0.2) is 42.5 Å². The molecule has 0 saturated carbocycles. The fraction of sp³-hybridized carbons (Fsp3) is 0. The van der Waals surface area contributed by atoms with E-state index in [9.17, 15) is 8.78 Å². The molecule has 0 aliphatic carbocycles. The molecule has 4 nitrogen and oxygen atoms in total. The van der Waals surface area contributed by atoms with Gasteiger partial charge in [-0.15, -0.1) is 0 Å². The molecule has 6 heteroatoms. The van der Waals surface area contributed by atoms with E-state index >= 15 is 0 Å². The highest BCUT2D eigenvalue weighted by Crippen LogP contribution is 2.26. The molecule has 3 rings (SSSR count). The standard InChI is InChI=1S/C14H10F2N4/c15-8-4-3-5-9(16)12(8)20-14-13(17)18-10-6-1-2-7-11(10)19-14/h1-7H,(H2,17,18)(H,19,20). The van der Waals surface area contributed by atoms with Gasteiger partial charge in [0.25, 0.3) is 0 Å². The van der Waals surface area contributed by atoms with Crippen LogP contribution in [0.4, 0.5) is 26.1 Å². The average molecular weight is 272 g/mol. The van der Waals surface area contributed by atoms with Crippen LogP contribution < -0.4 is 11.1 Å². The third-order valence-corrected chi connectivity index (χ3v) is 2.80. The molecule has 0 spiro atoms. The van der Waals surface area contributed by atoms with Crippen LogP contribution in [0, 0.1) is 11.6 Å². The molecule has 0 aliphatic rings. The van der Waals surface area contributed by atoms with Gasteiger partial charge in [-0.2, -0.15) is 0 Å². The Morgan fingerprint density at radius 1 is 0.850 bits per heavy atom. The Kier molecular flexibility index (Phi) is 2.90. The second-order valence-electron chi connectivity index (χ2n) is 4.17. The van der Waals surface area contributed by atoms with E-state index in [1.165, 1.54) is 6.07 Å². The first-order valence-corrected chi connectivity index (χ1v) is 5.88. The summed E-state index contributed by atoms with van der Waals surface area (Å²) in [6.45, 7) is 0. The lowest BCUT2D eigenvalue weighted by atomic mass is 10.2. The number of nitrogens with two attached hydrogens (primary N) is 1. The first-order chi connectivity index (χ1) is 9.65. The summed E-state index contributed by atoms with van der Waals surface area (Å²) in [4.78, 5) is 8.36. The Balaban J connectivity index is 2.09. The number of benzene rings is 2.